The van der Waals surface area contributed by atoms with Crippen LogP contribution in [0.2, 0.25) is 5.15 Å². The van der Waals surface area contributed by atoms with Crippen molar-refractivity contribution in [3.63, 3.8) is 0 Å². The van der Waals surface area contributed by atoms with Crippen LogP contribution >= 0.6 is 11.6 Å². The van der Waals surface area contributed by atoms with Crippen LogP contribution in [0.5, 0.6) is 0 Å². The lowest BCUT2D eigenvalue weighted by molar-refractivity contribution is 0.0784. The molecule has 0 N–H and O–H groups in total. The van der Waals surface area contributed by atoms with Crippen molar-refractivity contribution in [2.24, 2.45) is 5.92 Å². The van der Waals surface area contributed by atoms with Gasteiger partial charge in [0.2, 0.25) is 0 Å². The quantitative estimate of drug-likeness (QED) is 0.756. The van der Waals surface area contributed by atoms with E-state index in [4.69, 9.17) is 16.9 Å². The van der Waals surface area contributed by atoms with E-state index >= 15 is 0 Å². The molecule has 84 valence electrons. The molecule has 0 saturated heterocycles. The van der Waals surface area contributed by atoms with Gasteiger partial charge in [0.25, 0.3) is 5.91 Å². The monoisotopic (exact) mass is 237 g/mol. The Morgan fingerprint density at radius 1 is 1.69 bits per heavy atom. The van der Waals surface area contributed by atoms with Gasteiger partial charge in [0.05, 0.1) is 17.6 Å². The van der Waals surface area contributed by atoms with E-state index in [-0.39, 0.29) is 11.8 Å². The summed E-state index contributed by atoms with van der Waals surface area (Å²) in [6, 6.07) is 5.26. The fourth-order valence-electron chi connectivity index (χ4n) is 1.26. The van der Waals surface area contributed by atoms with Gasteiger partial charge in [0, 0.05) is 19.8 Å². The van der Waals surface area contributed by atoms with Gasteiger partial charge in [0.15, 0.2) is 0 Å². The highest BCUT2D eigenvalue weighted by Gasteiger charge is 2.14. The Hall–Kier alpha value is -1.60. The van der Waals surface area contributed by atoms with Gasteiger partial charge in [-0.25, -0.2) is 4.98 Å². The number of nitrogens with zero attached hydrogens (tertiary/aromatic N) is 3. The molecule has 1 atom stereocenters. The molecule has 16 heavy (non-hydrogen) atoms. The van der Waals surface area contributed by atoms with E-state index in [1.54, 1.807) is 26.1 Å². The first-order chi connectivity index (χ1) is 7.54. The van der Waals surface area contributed by atoms with E-state index in [1.165, 1.54) is 11.1 Å². The van der Waals surface area contributed by atoms with Gasteiger partial charge in [-0.15, -0.1) is 0 Å². The molecule has 0 spiro atoms. The number of amides is 1. The maximum atomic E-state index is 11.8. The average molecular weight is 238 g/mol. The number of halogens is 1. The third-order valence-corrected chi connectivity index (χ3v) is 2.31. The third kappa shape index (κ3) is 3.21. The van der Waals surface area contributed by atoms with Crippen LogP contribution in [0.15, 0.2) is 18.3 Å². The Labute approximate surface area is 99.5 Å². The second kappa shape index (κ2) is 5.47. The Bertz CT molecular complexity index is 410. The normalized spacial score (nSPS) is 11.6. The first kappa shape index (κ1) is 12.5. The van der Waals surface area contributed by atoms with Crippen molar-refractivity contribution in [2.75, 3.05) is 13.6 Å². The van der Waals surface area contributed by atoms with Gasteiger partial charge in [-0.2, -0.15) is 5.26 Å². The Kier molecular flexibility index (Phi) is 4.27. The van der Waals surface area contributed by atoms with Crippen LogP contribution in [0.4, 0.5) is 0 Å². The number of nitriles is 1. The minimum atomic E-state index is -0.186. The predicted octanol–water partition coefficient (Wildman–Crippen LogP) is 1.97. The summed E-state index contributed by atoms with van der Waals surface area (Å²) in [5, 5.41) is 9.01. The summed E-state index contributed by atoms with van der Waals surface area (Å²) in [4.78, 5) is 17.2. The molecule has 0 radical (unpaired) electrons. The van der Waals surface area contributed by atoms with Gasteiger partial charge >= 0.3 is 0 Å². The van der Waals surface area contributed by atoms with E-state index in [0.29, 0.717) is 17.3 Å². The Morgan fingerprint density at radius 3 is 2.88 bits per heavy atom. The summed E-state index contributed by atoms with van der Waals surface area (Å²) in [5.74, 6) is -0.347. The van der Waals surface area contributed by atoms with Crippen LogP contribution in [0.1, 0.15) is 17.3 Å². The molecule has 1 aromatic heterocycles. The fraction of sp³-hybridized carbons (Fsp3) is 0.364. The summed E-state index contributed by atoms with van der Waals surface area (Å²) < 4.78 is 0. The minimum Gasteiger partial charge on any atom is -0.340 e. The third-order valence-electron chi connectivity index (χ3n) is 2.09. The van der Waals surface area contributed by atoms with E-state index in [0.717, 1.165) is 0 Å². The molecule has 0 aliphatic carbocycles. The van der Waals surface area contributed by atoms with Gasteiger partial charge in [-0.05, 0) is 19.1 Å². The Morgan fingerprint density at radius 2 is 2.38 bits per heavy atom. The van der Waals surface area contributed by atoms with E-state index in [2.05, 4.69) is 11.1 Å². The number of hydrogen-bond acceptors (Lipinski definition) is 3. The fourth-order valence-corrected chi connectivity index (χ4v) is 1.37. The molecule has 1 heterocycles. The smallest absolute Gasteiger partial charge is 0.255 e. The molecule has 0 aliphatic rings. The second-order valence-electron chi connectivity index (χ2n) is 3.59. The zero-order chi connectivity index (χ0) is 12.1. The van der Waals surface area contributed by atoms with Crippen LogP contribution in [-0.2, 0) is 0 Å². The van der Waals surface area contributed by atoms with Crippen molar-refractivity contribution < 1.29 is 4.79 Å². The molecule has 0 fully saturated rings. The second-order valence-corrected chi connectivity index (χ2v) is 3.97. The van der Waals surface area contributed by atoms with Crippen molar-refractivity contribution in [3.8, 4) is 6.07 Å². The molecular formula is C11H12ClN3O. The number of aromatic nitrogens is 1. The molecule has 0 bridgehead atoms. The maximum absolute atomic E-state index is 11.8. The highest BCUT2D eigenvalue weighted by Crippen LogP contribution is 2.08. The number of rotatable bonds is 3. The molecule has 0 aliphatic heterocycles. The topological polar surface area (TPSA) is 57.0 Å². The number of pyridine rings is 1. The summed E-state index contributed by atoms with van der Waals surface area (Å²) in [7, 11) is 1.66. The van der Waals surface area contributed by atoms with Crippen molar-refractivity contribution >= 4 is 17.5 Å². The summed E-state index contributed by atoms with van der Waals surface area (Å²) in [6.45, 7) is 2.17. The van der Waals surface area contributed by atoms with E-state index in [1.807, 2.05) is 0 Å². The lowest BCUT2D eigenvalue weighted by Gasteiger charge is -2.17. The molecule has 0 saturated carbocycles. The largest absolute Gasteiger partial charge is 0.340 e. The van der Waals surface area contributed by atoms with Crippen molar-refractivity contribution in [1.82, 2.24) is 9.88 Å². The van der Waals surface area contributed by atoms with Crippen LogP contribution in [0, 0.1) is 17.2 Å². The predicted molar refractivity (Wildman–Crippen MR) is 61.0 cm³/mol. The van der Waals surface area contributed by atoms with Crippen molar-refractivity contribution in [1.29, 1.82) is 5.26 Å². The van der Waals surface area contributed by atoms with Crippen molar-refractivity contribution in [3.05, 3.63) is 29.0 Å². The average Bonchev–Trinajstić information content (AvgIpc) is 2.28. The van der Waals surface area contributed by atoms with Gasteiger partial charge in [-0.3, -0.25) is 4.79 Å². The number of carbonyl (C=O) groups is 1. The molecule has 1 unspecified atom stereocenters. The highest BCUT2D eigenvalue weighted by atomic mass is 35.5. The zero-order valence-electron chi connectivity index (χ0n) is 9.14. The molecular weight excluding hydrogens is 226 g/mol. The molecule has 0 aromatic carbocycles. The van der Waals surface area contributed by atoms with Crippen molar-refractivity contribution in [2.45, 2.75) is 6.92 Å². The summed E-state index contributed by atoms with van der Waals surface area (Å²) in [5.41, 5.74) is 0.469. The molecule has 1 rings (SSSR count). The van der Waals surface area contributed by atoms with Crippen LogP contribution in [0.25, 0.3) is 0 Å². The van der Waals surface area contributed by atoms with E-state index in [9.17, 15) is 4.79 Å². The lowest BCUT2D eigenvalue weighted by atomic mass is 10.2. The lowest BCUT2D eigenvalue weighted by Crippen LogP contribution is -2.30. The maximum Gasteiger partial charge on any atom is 0.255 e. The SMILES string of the molecule is CC(C#N)CN(C)C(=O)c1ccc(Cl)nc1. The summed E-state index contributed by atoms with van der Waals surface area (Å²) >= 11 is 5.62. The van der Waals surface area contributed by atoms with Gasteiger partial charge in [-0.1, -0.05) is 11.6 Å². The highest BCUT2D eigenvalue weighted by molar-refractivity contribution is 6.29. The number of carbonyl (C=O) groups excluding carboxylic acids is 1. The van der Waals surface area contributed by atoms with Crippen LogP contribution in [0.3, 0.4) is 0 Å². The van der Waals surface area contributed by atoms with Crippen LogP contribution < -0.4 is 0 Å². The minimum absolute atomic E-state index is 0.161. The van der Waals surface area contributed by atoms with Gasteiger partial charge in [0.1, 0.15) is 5.15 Å². The van der Waals surface area contributed by atoms with Gasteiger partial charge < -0.3 is 4.90 Å². The van der Waals surface area contributed by atoms with E-state index < -0.39 is 0 Å². The molecule has 1 amide bonds. The molecule has 4 nitrogen and oxygen atoms in total. The molecule has 1 aromatic rings. The standard InChI is InChI=1S/C11H12ClN3O/c1-8(5-13)7-15(2)11(16)9-3-4-10(12)14-6-9/h3-4,6,8H,7H2,1-2H3. The van der Waals surface area contributed by atoms with Crippen LogP contribution in [-0.4, -0.2) is 29.4 Å². The Balaban J connectivity index is 2.71. The number of hydrogen-bond donors (Lipinski definition) is 0. The first-order valence-corrected chi connectivity index (χ1v) is 5.19. The molecule has 5 heteroatoms. The summed E-state index contributed by atoms with van der Waals surface area (Å²) in [6.07, 6.45) is 1.43. The zero-order valence-corrected chi connectivity index (χ0v) is 9.90. The first-order valence-electron chi connectivity index (χ1n) is 4.81.